The maximum atomic E-state index is 13.8. The summed E-state index contributed by atoms with van der Waals surface area (Å²) in [6.45, 7) is 3.87. The van der Waals surface area contributed by atoms with Gasteiger partial charge in [-0.3, -0.25) is 9.36 Å². The summed E-state index contributed by atoms with van der Waals surface area (Å²) in [5, 5.41) is 20.0. The molecule has 35 heavy (non-hydrogen) atoms. The van der Waals surface area contributed by atoms with Crippen LogP contribution in [0.25, 0.3) is 5.57 Å². The van der Waals surface area contributed by atoms with Crippen LogP contribution in [0.5, 0.6) is 5.88 Å². The van der Waals surface area contributed by atoms with E-state index in [1.807, 2.05) is 13.8 Å². The Hall–Kier alpha value is -2.95. The van der Waals surface area contributed by atoms with Crippen molar-refractivity contribution in [2.24, 2.45) is 21.9 Å². The van der Waals surface area contributed by atoms with E-state index in [2.05, 4.69) is 10.2 Å². The van der Waals surface area contributed by atoms with Gasteiger partial charge in [-0.2, -0.15) is 23.4 Å². The van der Waals surface area contributed by atoms with Gasteiger partial charge in [-0.25, -0.2) is 0 Å². The van der Waals surface area contributed by atoms with Crippen molar-refractivity contribution in [1.82, 2.24) is 4.57 Å². The second kappa shape index (κ2) is 9.60. The molecule has 0 spiro atoms. The van der Waals surface area contributed by atoms with Gasteiger partial charge in [0.1, 0.15) is 0 Å². The van der Waals surface area contributed by atoms with Gasteiger partial charge in [0.15, 0.2) is 0 Å². The summed E-state index contributed by atoms with van der Waals surface area (Å²) in [4.78, 5) is 12.5. The van der Waals surface area contributed by atoms with E-state index < -0.39 is 22.7 Å². The zero-order valence-corrected chi connectivity index (χ0v) is 20.4. The number of fused-ring (bicyclic) bond motifs is 1. The molecule has 0 bridgehead atoms. The monoisotopic (exact) mass is 522 g/mol. The molecule has 1 aromatic heterocycles. The zero-order chi connectivity index (χ0) is 25.5. The van der Waals surface area contributed by atoms with Crippen LogP contribution in [0.15, 0.2) is 51.4 Å². The average Bonchev–Trinajstić information content (AvgIpc) is 3.36. The van der Waals surface area contributed by atoms with E-state index in [0.29, 0.717) is 21.7 Å². The molecule has 3 N–H and O–H groups in total. The van der Waals surface area contributed by atoms with Crippen molar-refractivity contribution in [2.75, 3.05) is 0 Å². The van der Waals surface area contributed by atoms with Crippen molar-refractivity contribution in [2.45, 2.75) is 39.0 Å². The van der Waals surface area contributed by atoms with E-state index >= 15 is 0 Å². The van der Waals surface area contributed by atoms with Crippen molar-refractivity contribution in [3.05, 3.63) is 83.2 Å². The largest absolute Gasteiger partial charge is 0.493 e. The number of thiazole rings is 1. The van der Waals surface area contributed by atoms with Crippen LogP contribution in [0.2, 0.25) is 5.02 Å². The maximum absolute atomic E-state index is 13.8. The normalized spacial score (nSPS) is 14.7. The molecule has 2 heterocycles. The van der Waals surface area contributed by atoms with Crippen LogP contribution in [0.4, 0.5) is 13.2 Å². The van der Waals surface area contributed by atoms with Gasteiger partial charge in [0.05, 0.1) is 22.0 Å². The van der Waals surface area contributed by atoms with Crippen LogP contribution in [-0.4, -0.2) is 21.9 Å². The van der Waals surface area contributed by atoms with Gasteiger partial charge in [-0.1, -0.05) is 48.9 Å². The molecule has 11 heteroatoms. The minimum Gasteiger partial charge on any atom is -0.493 e. The molecular formula is C24H22ClF3N4O2S. The number of halogens is 4. The van der Waals surface area contributed by atoms with E-state index in [1.165, 1.54) is 22.9 Å². The Labute approximate surface area is 207 Å². The smallest absolute Gasteiger partial charge is 0.416 e. The van der Waals surface area contributed by atoms with E-state index in [9.17, 15) is 23.1 Å². The lowest BCUT2D eigenvalue weighted by Crippen LogP contribution is -2.34. The van der Waals surface area contributed by atoms with Gasteiger partial charge in [0.2, 0.25) is 5.88 Å². The van der Waals surface area contributed by atoms with Crippen molar-refractivity contribution in [1.29, 1.82) is 0 Å². The Bertz CT molecular complexity index is 1490. The molecule has 4 rings (SSSR count). The molecule has 0 saturated heterocycles. The lowest BCUT2D eigenvalue weighted by atomic mass is 9.96. The van der Waals surface area contributed by atoms with Crippen LogP contribution < -0.4 is 21.2 Å². The van der Waals surface area contributed by atoms with Crippen molar-refractivity contribution < 1.29 is 18.3 Å². The summed E-state index contributed by atoms with van der Waals surface area (Å²) < 4.78 is 42.6. The number of rotatable bonds is 6. The molecule has 0 amide bonds. The molecular weight excluding hydrogens is 501 g/mol. The first-order valence-electron chi connectivity index (χ1n) is 10.7. The van der Waals surface area contributed by atoms with Crippen LogP contribution >= 0.6 is 22.9 Å². The van der Waals surface area contributed by atoms with Crippen molar-refractivity contribution in [3.63, 3.8) is 0 Å². The van der Waals surface area contributed by atoms with Gasteiger partial charge in [0.25, 0.3) is 0 Å². The Balaban J connectivity index is 1.93. The lowest BCUT2D eigenvalue weighted by molar-refractivity contribution is -0.138. The Kier molecular flexibility index (Phi) is 6.90. The first kappa shape index (κ1) is 25.2. The molecule has 6 nitrogen and oxygen atoms in total. The quantitative estimate of drug-likeness (QED) is 0.517. The number of hydrogen-bond donors (Lipinski definition) is 2. The first-order valence-corrected chi connectivity index (χ1v) is 11.9. The zero-order valence-electron chi connectivity index (χ0n) is 18.8. The second-order valence-corrected chi connectivity index (χ2v) is 10.0. The molecule has 2 aromatic carbocycles. The summed E-state index contributed by atoms with van der Waals surface area (Å²) >= 11 is 6.62. The van der Waals surface area contributed by atoms with Gasteiger partial charge < -0.3 is 10.8 Å². The summed E-state index contributed by atoms with van der Waals surface area (Å²) in [7, 11) is 0. The van der Waals surface area contributed by atoms with Crippen molar-refractivity contribution in [3.8, 4) is 5.88 Å². The molecule has 0 aliphatic carbocycles. The average molecular weight is 523 g/mol. The molecule has 3 aromatic rings. The third-order valence-electron chi connectivity index (χ3n) is 5.88. The highest BCUT2D eigenvalue weighted by Crippen LogP contribution is 2.37. The standard InChI is InChI=1S/C24H22ClF3N4O2S/c1-12(2)19(29)11-32-22(33)21(35-23(32)34)17(13-4-6-20-15(7-13)10-30-31-20)8-14-3-5-16(25)9-18(14)24(26,27)28/h3-7,9-10,12,19,33H,8,11,29H2,1-2H3/t19-/m1/s1. The molecule has 0 unspecified atom stereocenters. The first-order chi connectivity index (χ1) is 16.5. The lowest BCUT2D eigenvalue weighted by Gasteiger charge is -2.17. The molecule has 1 aliphatic rings. The number of benzene rings is 2. The number of nitrogens with zero attached hydrogens (tertiary/aromatic N) is 3. The summed E-state index contributed by atoms with van der Waals surface area (Å²) in [5.41, 5.74) is 6.23. The third-order valence-corrected chi connectivity index (χ3v) is 7.14. The van der Waals surface area contributed by atoms with Crippen LogP contribution in [0.1, 0.15) is 35.4 Å². The maximum Gasteiger partial charge on any atom is 0.416 e. The van der Waals surface area contributed by atoms with Crippen LogP contribution in [-0.2, 0) is 19.1 Å². The molecule has 1 atom stereocenters. The SMILES string of the molecule is CC(C)[C@H](N)Cn1c(O)c(C(Cc2ccc(Cl)cc2C(F)(F)F)=c2ccc3c(c2)C=NN=3)sc1=O. The van der Waals surface area contributed by atoms with Crippen LogP contribution in [0, 0.1) is 5.92 Å². The van der Waals surface area contributed by atoms with E-state index in [1.54, 1.807) is 18.2 Å². The summed E-state index contributed by atoms with van der Waals surface area (Å²) in [6, 6.07) is 8.27. The van der Waals surface area contributed by atoms with Gasteiger partial charge in [-0.05, 0) is 46.5 Å². The third kappa shape index (κ3) is 5.19. The van der Waals surface area contributed by atoms with Gasteiger partial charge in [0, 0.05) is 29.6 Å². The number of aromatic nitrogens is 1. The predicted molar refractivity (Wildman–Crippen MR) is 131 cm³/mol. The number of nitrogens with two attached hydrogens (primary N) is 1. The topological polar surface area (TPSA) is 93.0 Å². The summed E-state index contributed by atoms with van der Waals surface area (Å²) in [5.74, 6) is -0.274. The van der Waals surface area contributed by atoms with Crippen molar-refractivity contribution >= 4 is 34.7 Å². The highest BCUT2D eigenvalue weighted by atomic mass is 35.5. The van der Waals surface area contributed by atoms with E-state index in [4.69, 9.17) is 17.3 Å². The summed E-state index contributed by atoms with van der Waals surface area (Å²) in [6.07, 6.45) is -3.31. The number of alkyl halides is 3. The molecule has 0 radical (unpaired) electrons. The minimum atomic E-state index is -4.64. The van der Waals surface area contributed by atoms with Crippen LogP contribution in [0.3, 0.4) is 0 Å². The fourth-order valence-corrected chi connectivity index (χ4v) is 4.87. The Morgan fingerprint density at radius 2 is 1.97 bits per heavy atom. The number of aromatic hydroxyl groups is 1. The molecule has 184 valence electrons. The fourth-order valence-electron chi connectivity index (χ4n) is 3.74. The second-order valence-electron chi connectivity index (χ2n) is 8.61. The van der Waals surface area contributed by atoms with Gasteiger partial charge in [-0.15, -0.1) is 0 Å². The Morgan fingerprint density at radius 1 is 1.23 bits per heavy atom. The predicted octanol–water partition coefficient (Wildman–Crippen LogP) is 3.68. The number of hydrogen-bond acceptors (Lipinski definition) is 6. The Morgan fingerprint density at radius 3 is 2.66 bits per heavy atom. The van der Waals surface area contributed by atoms with E-state index in [0.717, 1.165) is 17.4 Å². The highest BCUT2D eigenvalue weighted by molar-refractivity contribution is 7.10. The molecule has 0 fully saturated rings. The minimum absolute atomic E-state index is 0.0403. The molecule has 1 aliphatic heterocycles. The fraction of sp³-hybridized carbons (Fsp3) is 0.292. The highest BCUT2D eigenvalue weighted by Gasteiger charge is 2.34. The van der Waals surface area contributed by atoms with Gasteiger partial charge >= 0.3 is 11.0 Å². The molecule has 0 saturated carbocycles. The van der Waals surface area contributed by atoms with E-state index in [-0.39, 0.29) is 40.2 Å².